The quantitative estimate of drug-likeness (QED) is 0.855. The highest BCUT2D eigenvalue weighted by Gasteiger charge is 2.31. The van der Waals surface area contributed by atoms with E-state index >= 15 is 0 Å². The van der Waals surface area contributed by atoms with E-state index in [2.05, 4.69) is 34.1 Å². The van der Waals surface area contributed by atoms with Crippen LogP contribution in [0.15, 0.2) is 24.3 Å². The number of hydrogen-bond donors (Lipinski definition) is 0. The van der Waals surface area contributed by atoms with Crippen molar-refractivity contribution < 1.29 is 4.79 Å². The Labute approximate surface area is 145 Å². The molecule has 4 nitrogen and oxygen atoms in total. The topological polar surface area (TPSA) is 47.3 Å². The van der Waals surface area contributed by atoms with Crippen LogP contribution in [0, 0.1) is 11.3 Å². The van der Waals surface area contributed by atoms with Gasteiger partial charge >= 0.3 is 0 Å². The second-order valence-electron chi connectivity index (χ2n) is 7.59. The molecule has 4 heteroatoms. The van der Waals surface area contributed by atoms with Gasteiger partial charge in [-0.15, -0.1) is 0 Å². The Morgan fingerprint density at radius 1 is 1.21 bits per heavy atom. The van der Waals surface area contributed by atoms with E-state index < -0.39 is 5.41 Å². The summed E-state index contributed by atoms with van der Waals surface area (Å²) >= 11 is 0. The maximum atomic E-state index is 11.9. The molecule has 2 fully saturated rings. The van der Waals surface area contributed by atoms with E-state index in [-0.39, 0.29) is 0 Å². The maximum Gasteiger partial charge on any atom is 0.222 e. The zero-order valence-electron chi connectivity index (χ0n) is 14.8. The molecule has 128 valence electrons. The van der Waals surface area contributed by atoms with Crippen molar-refractivity contribution in [2.75, 3.05) is 19.6 Å². The lowest BCUT2D eigenvalue weighted by molar-refractivity contribution is -0.130. The fourth-order valence-electron chi connectivity index (χ4n) is 4.01. The number of hydrogen-bond acceptors (Lipinski definition) is 3. The minimum atomic E-state index is -0.461. The number of rotatable bonds is 4. The number of nitriles is 1. The van der Waals surface area contributed by atoms with E-state index in [1.807, 2.05) is 19.9 Å². The van der Waals surface area contributed by atoms with Gasteiger partial charge in [-0.3, -0.25) is 9.69 Å². The molecule has 3 rings (SSSR count). The molecule has 2 aliphatic rings. The molecule has 1 aromatic rings. The summed E-state index contributed by atoms with van der Waals surface area (Å²) in [5.74, 6) is 0.342. The summed E-state index contributed by atoms with van der Waals surface area (Å²) in [5, 5.41) is 9.46. The molecule has 0 aliphatic carbocycles. The molecular formula is C20H27N3O. The Kier molecular flexibility index (Phi) is 4.91. The molecule has 0 saturated carbocycles. The Hall–Kier alpha value is -1.86. The highest BCUT2D eigenvalue weighted by molar-refractivity contribution is 5.78. The fourth-order valence-corrected chi connectivity index (χ4v) is 4.01. The number of likely N-dealkylation sites (tertiary alicyclic amines) is 2. The third-order valence-corrected chi connectivity index (χ3v) is 5.47. The first kappa shape index (κ1) is 17.0. The average Bonchev–Trinajstić information content (AvgIpc) is 3.02. The van der Waals surface area contributed by atoms with Crippen molar-refractivity contribution in [2.24, 2.45) is 0 Å². The number of carbonyl (C=O) groups excluding carboxylic acids is 1. The van der Waals surface area contributed by atoms with Crippen molar-refractivity contribution in [3.05, 3.63) is 35.4 Å². The first-order chi connectivity index (χ1) is 11.5. The maximum absolute atomic E-state index is 11.9. The predicted molar refractivity (Wildman–Crippen MR) is 94.3 cm³/mol. The third kappa shape index (κ3) is 3.47. The van der Waals surface area contributed by atoms with Crippen molar-refractivity contribution in [2.45, 2.75) is 57.5 Å². The zero-order valence-corrected chi connectivity index (χ0v) is 14.8. The standard InChI is InChI=1S/C20H27N3O/c1-20(2,15-21)18-7-4-3-6-16(18)14-22-12-9-17(10-13-22)23-11-5-8-19(23)24/h3-4,6-7,17H,5,8-14H2,1-2H3. The molecule has 1 aromatic carbocycles. The number of benzene rings is 1. The number of piperidine rings is 1. The highest BCUT2D eigenvalue weighted by Crippen LogP contribution is 2.28. The Bertz CT molecular complexity index is 639. The van der Waals surface area contributed by atoms with Gasteiger partial charge in [0.15, 0.2) is 0 Å². The van der Waals surface area contributed by atoms with Gasteiger partial charge in [0.1, 0.15) is 0 Å². The van der Waals surface area contributed by atoms with E-state index in [1.165, 1.54) is 5.56 Å². The number of carbonyl (C=O) groups is 1. The van der Waals surface area contributed by atoms with Crippen LogP contribution in [0.25, 0.3) is 0 Å². The van der Waals surface area contributed by atoms with Crippen molar-refractivity contribution in [3.8, 4) is 6.07 Å². The Morgan fingerprint density at radius 2 is 1.92 bits per heavy atom. The van der Waals surface area contributed by atoms with Gasteiger partial charge < -0.3 is 4.90 Å². The summed E-state index contributed by atoms with van der Waals surface area (Å²) in [4.78, 5) is 16.5. The highest BCUT2D eigenvalue weighted by atomic mass is 16.2. The molecule has 0 bridgehead atoms. The van der Waals surface area contributed by atoms with E-state index in [4.69, 9.17) is 0 Å². The Morgan fingerprint density at radius 3 is 2.54 bits per heavy atom. The zero-order chi connectivity index (χ0) is 17.2. The molecule has 0 atom stereocenters. The van der Waals surface area contributed by atoms with Crippen LogP contribution in [0.4, 0.5) is 0 Å². The molecule has 0 radical (unpaired) electrons. The van der Waals surface area contributed by atoms with Crippen LogP contribution in [0.2, 0.25) is 0 Å². The summed E-state index contributed by atoms with van der Waals surface area (Å²) in [6.45, 7) is 7.85. The molecule has 0 aromatic heterocycles. The van der Waals surface area contributed by atoms with Crippen LogP contribution < -0.4 is 0 Å². The van der Waals surface area contributed by atoms with Gasteiger partial charge in [0.2, 0.25) is 5.91 Å². The van der Waals surface area contributed by atoms with Crippen LogP contribution in [0.3, 0.4) is 0 Å². The van der Waals surface area contributed by atoms with Gasteiger partial charge in [-0.05, 0) is 44.2 Å². The Balaban J connectivity index is 1.63. The van der Waals surface area contributed by atoms with Gasteiger partial charge in [0, 0.05) is 38.6 Å². The first-order valence-electron chi connectivity index (χ1n) is 9.03. The van der Waals surface area contributed by atoms with Gasteiger partial charge in [-0.2, -0.15) is 5.26 Å². The fraction of sp³-hybridized carbons (Fsp3) is 0.600. The molecule has 0 unspecified atom stereocenters. The van der Waals surface area contributed by atoms with Crippen molar-refractivity contribution in [1.29, 1.82) is 5.26 Å². The van der Waals surface area contributed by atoms with Crippen LogP contribution in [0.1, 0.15) is 50.7 Å². The predicted octanol–water partition coefficient (Wildman–Crippen LogP) is 3.07. The van der Waals surface area contributed by atoms with Crippen LogP contribution in [-0.4, -0.2) is 41.4 Å². The van der Waals surface area contributed by atoms with Crippen molar-refractivity contribution in [3.63, 3.8) is 0 Å². The molecule has 24 heavy (non-hydrogen) atoms. The van der Waals surface area contributed by atoms with Crippen LogP contribution in [-0.2, 0) is 16.8 Å². The van der Waals surface area contributed by atoms with Gasteiger partial charge in [0.25, 0.3) is 0 Å². The second kappa shape index (κ2) is 6.94. The lowest BCUT2D eigenvalue weighted by Crippen LogP contribution is -2.45. The largest absolute Gasteiger partial charge is 0.340 e. The molecule has 0 spiro atoms. The summed E-state index contributed by atoms with van der Waals surface area (Å²) < 4.78 is 0. The second-order valence-corrected chi connectivity index (χ2v) is 7.59. The van der Waals surface area contributed by atoms with E-state index in [0.717, 1.165) is 57.4 Å². The van der Waals surface area contributed by atoms with Crippen LogP contribution >= 0.6 is 0 Å². The van der Waals surface area contributed by atoms with Crippen molar-refractivity contribution >= 4 is 5.91 Å². The molecule has 1 amide bonds. The number of nitrogens with zero attached hydrogens (tertiary/aromatic N) is 3. The minimum absolute atomic E-state index is 0.342. The number of amides is 1. The summed E-state index contributed by atoms with van der Waals surface area (Å²) in [6.07, 6.45) is 3.89. The van der Waals surface area contributed by atoms with Gasteiger partial charge in [-0.1, -0.05) is 24.3 Å². The van der Waals surface area contributed by atoms with Gasteiger partial charge in [-0.25, -0.2) is 0 Å². The summed E-state index contributed by atoms with van der Waals surface area (Å²) in [5.41, 5.74) is 1.92. The van der Waals surface area contributed by atoms with E-state index in [0.29, 0.717) is 11.9 Å². The average molecular weight is 325 g/mol. The van der Waals surface area contributed by atoms with Gasteiger partial charge in [0.05, 0.1) is 11.5 Å². The smallest absolute Gasteiger partial charge is 0.222 e. The van der Waals surface area contributed by atoms with E-state index in [9.17, 15) is 10.1 Å². The third-order valence-electron chi connectivity index (χ3n) is 5.47. The lowest BCUT2D eigenvalue weighted by Gasteiger charge is -2.37. The molecular weight excluding hydrogens is 298 g/mol. The lowest BCUT2D eigenvalue weighted by atomic mass is 9.83. The molecule has 2 heterocycles. The summed E-state index contributed by atoms with van der Waals surface area (Å²) in [7, 11) is 0. The van der Waals surface area contributed by atoms with Crippen LogP contribution in [0.5, 0.6) is 0 Å². The molecule has 0 N–H and O–H groups in total. The van der Waals surface area contributed by atoms with E-state index in [1.54, 1.807) is 0 Å². The molecule has 2 saturated heterocycles. The first-order valence-corrected chi connectivity index (χ1v) is 9.03. The molecule has 2 aliphatic heterocycles. The minimum Gasteiger partial charge on any atom is -0.340 e. The van der Waals surface area contributed by atoms with Crippen molar-refractivity contribution in [1.82, 2.24) is 9.80 Å². The normalized spacial score (nSPS) is 20.4. The SMILES string of the molecule is CC(C)(C#N)c1ccccc1CN1CCC(N2CCCC2=O)CC1. The monoisotopic (exact) mass is 325 g/mol. The summed E-state index contributed by atoms with van der Waals surface area (Å²) in [6, 6.07) is 11.1.